The van der Waals surface area contributed by atoms with Crippen molar-refractivity contribution in [3.8, 4) is 0 Å². The van der Waals surface area contributed by atoms with E-state index in [4.69, 9.17) is 5.11 Å². The summed E-state index contributed by atoms with van der Waals surface area (Å²) in [6, 6.07) is 16.0. The van der Waals surface area contributed by atoms with Gasteiger partial charge in [0.15, 0.2) is 0 Å². The fourth-order valence-corrected chi connectivity index (χ4v) is 1.86. The maximum Gasteiger partial charge on any atom is 0.335 e. The van der Waals surface area contributed by atoms with Crippen LogP contribution >= 0.6 is 0 Å². The van der Waals surface area contributed by atoms with Crippen LogP contribution in [0.5, 0.6) is 0 Å². The van der Waals surface area contributed by atoms with Crippen molar-refractivity contribution in [3.63, 3.8) is 0 Å². The maximum atomic E-state index is 11.8. The number of aromatic carboxylic acids is 1. The second-order valence-electron chi connectivity index (χ2n) is 4.42. The summed E-state index contributed by atoms with van der Waals surface area (Å²) in [5, 5.41) is 11.6. The number of hydrogen-bond donors (Lipinski definition) is 2. The van der Waals surface area contributed by atoms with Crippen LogP contribution in [0, 0.1) is 0 Å². The van der Waals surface area contributed by atoms with Crippen LogP contribution in [0.15, 0.2) is 54.6 Å². The van der Waals surface area contributed by atoms with E-state index in [9.17, 15) is 9.59 Å². The topological polar surface area (TPSA) is 66.4 Å². The number of rotatable bonds is 5. The lowest BCUT2D eigenvalue weighted by molar-refractivity contribution is -0.116. The van der Waals surface area contributed by atoms with E-state index in [0.29, 0.717) is 18.5 Å². The van der Waals surface area contributed by atoms with Crippen molar-refractivity contribution in [1.82, 2.24) is 0 Å². The smallest absolute Gasteiger partial charge is 0.335 e. The number of aryl methyl sites for hydroxylation is 1. The highest BCUT2D eigenvalue weighted by atomic mass is 16.4. The molecule has 0 bridgehead atoms. The summed E-state index contributed by atoms with van der Waals surface area (Å²) in [6.07, 6.45) is 1.02. The van der Waals surface area contributed by atoms with Crippen molar-refractivity contribution in [3.05, 3.63) is 65.7 Å². The second-order valence-corrected chi connectivity index (χ2v) is 4.42. The van der Waals surface area contributed by atoms with Crippen LogP contribution in [0.2, 0.25) is 0 Å². The van der Waals surface area contributed by atoms with E-state index in [1.165, 1.54) is 12.1 Å². The Hall–Kier alpha value is -2.62. The molecule has 0 unspecified atom stereocenters. The zero-order chi connectivity index (χ0) is 14.4. The van der Waals surface area contributed by atoms with Gasteiger partial charge in [0.25, 0.3) is 0 Å². The molecule has 0 aliphatic carbocycles. The van der Waals surface area contributed by atoms with Gasteiger partial charge in [-0.1, -0.05) is 36.4 Å². The van der Waals surface area contributed by atoms with Crippen LogP contribution in [0.4, 0.5) is 5.69 Å². The van der Waals surface area contributed by atoms with Gasteiger partial charge in [-0.2, -0.15) is 0 Å². The number of carbonyl (C=O) groups excluding carboxylic acids is 1. The molecule has 102 valence electrons. The molecular weight excluding hydrogens is 254 g/mol. The van der Waals surface area contributed by atoms with Crippen molar-refractivity contribution in [2.75, 3.05) is 5.32 Å². The lowest BCUT2D eigenvalue weighted by atomic mass is 10.1. The summed E-state index contributed by atoms with van der Waals surface area (Å²) in [5.74, 6) is -1.14. The number of carboxylic acids is 1. The van der Waals surface area contributed by atoms with Gasteiger partial charge in [0.1, 0.15) is 0 Å². The normalized spacial score (nSPS) is 10.0. The Morgan fingerprint density at radius 1 is 1.00 bits per heavy atom. The van der Waals surface area contributed by atoms with Crippen LogP contribution in [0.25, 0.3) is 0 Å². The number of anilines is 1. The maximum absolute atomic E-state index is 11.8. The number of hydrogen-bond acceptors (Lipinski definition) is 2. The Labute approximate surface area is 117 Å². The Bertz CT molecular complexity index is 608. The quantitative estimate of drug-likeness (QED) is 0.877. The van der Waals surface area contributed by atoms with Gasteiger partial charge >= 0.3 is 5.97 Å². The molecule has 0 saturated heterocycles. The minimum Gasteiger partial charge on any atom is -0.478 e. The van der Waals surface area contributed by atoms with E-state index in [1.807, 2.05) is 30.3 Å². The van der Waals surface area contributed by atoms with E-state index >= 15 is 0 Å². The van der Waals surface area contributed by atoms with Crippen molar-refractivity contribution < 1.29 is 14.7 Å². The number of benzene rings is 2. The van der Waals surface area contributed by atoms with Gasteiger partial charge in [0, 0.05) is 12.1 Å². The first-order valence-electron chi connectivity index (χ1n) is 6.32. The predicted octanol–water partition coefficient (Wildman–Crippen LogP) is 2.96. The minimum atomic E-state index is -1.01. The molecule has 0 aromatic heterocycles. The van der Waals surface area contributed by atoms with Crippen LogP contribution in [0.1, 0.15) is 22.3 Å². The van der Waals surface area contributed by atoms with E-state index in [0.717, 1.165) is 5.56 Å². The van der Waals surface area contributed by atoms with Gasteiger partial charge in [-0.15, -0.1) is 0 Å². The average molecular weight is 269 g/mol. The van der Waals surface area contributed by atoms with Crippen molar-refractivity contribution in [2.45, 2.75) is 12.8 Å². The van der Waals surface area contributed by atoms with E-state index < -0.39 is 5.97 Å². The summed E-state index contributed by atoms with van der Waals surface area (Å²) in [5.41, 5.74) is 1.76. The second kappa shape index (κ2) is 6.52. The van der Waals surface area contributed by atoms with Gasteiger partial charge in [0.2, 0.25) is 5.91 Å². The molecule has 0 aliphatic heterocycles. The first-order valence-corrected chi connectivity index (χ1v) is 6.32. The molecule has 20 heavy (non-hydrogen) atoms. The minimum absolute atomic E-state index is 0.128. The van der Waals surface area contributed by atoms with E-state index in [2.05, 4.69) is 5.32 Å². The largest absolute Gasteiger partial charge is 0.478 e. The lowest BCUT2D eigenvalue weighted by Crippen LogP contribution is -2.12. The van der Waals surface area contributed by atoms with Gasteiger partial charge in [-0.3, -0.25) is 4.79 Å². The third-order valence-corrected chi connectivity index (χ3v) is 2.88. The van der Waals surface area contributed by atoms with Crippen LogP contribution in [-0.4, -0.2) is 17.0 Å². The zero-order valence-electron chi connectivity index (χ0n) is 10.9. The molecule has 0 aliphatic rings. The van der Waals surface area contributed by atoms with E-state index in [-0.39, 0.29) is 11.5 Å². The summed E-state index contributed by atoms with van der Waals surface area (Å²) in [4.78, 5) is 22.6. The Balaban J connectivity index is 1.91. The molecule has 0 atom stereocenters. The first-order chi connectivity index (χ1) is 9.65. The Morgan fingerprint density at radius 3 is 2.45 bits per heavy atom. The number of carboxylic acid groups (broad SMARTS) is 1. The zero-order valence-corrected chi connectivity index (χ0v) is 10.9. The highest BCUT2D eigenvalue weighted by molar-refractivity contribution is 5.93. The molecule has 2 N–H and O–H groups in total. The SMILES string of the molecule is O=C(CCc1ccccc1)Nc1cccc(C(=O)O)c1. The molecule has 2 aromatic rings. The summed E-state index contributed by atoms with van der Waals surface area (Å²) in [6.45, 7) is 0. The molecular formula is C16H15NO3. The monoisotopic (exact) mass is 269 g/mol. The van der Waals surface area contributed by atoms with Gasteiger partial charge in [-0.25, -0.2) is 4.79 Å². The van der Waals surface area contributed by atoms with Gasteiger partial charge in [-0.05, 0) is 30.2 Å². The lowest BCUT2D eigenvalue weighted by Gasteiger charge is -2.06. The molecule has 2 rings (SSSR count). The Morgan fingerprint density at radius 2 is 1.75 bits per heavy atom. The molecule has 0 fully saturated rings. The number of nitrogens with one attached hydrogen (secondary N) is 1. The van der Waals surface area contributed by atoms with Gasteiger partial charge < -0.3 is 10.4 Å². The van der Waals surface area contributed by atoms with Crippen molar-refractivity contribution in [2.24, 2.45) is 0 Å². The van der Waals surface area contributed by atoms with Crippen molar-refractivity contribution >= 4 is 17.6 Å². The van der Waals surface area contributed by atoms with E-state index in [1.54, 1.807) is 12.1 Å². The standard InChI is InChI=1S/C16H15NO3/c18-15(10-9-12-5-2-1-3-6-12)17-14-8-4-7-13(11-14)16(19)20/h1-8,11H,9-10H2,(H,17,18)(H,19,20). The molecule has 1 amide bonds. The third-order valence-electron chi connectivity index (χ3n) is 2.88. The Kier molecular flexibility index (Phi) is 4.50. The molecule has 2 aromatic carbocycles. The molecule has 4 nitrogen and oxygen atoms in total. The molecule has 0 heterocycles. The summed E-state index contributed by atoms with van der Waals surface area (Å²) in [7, 11) is 0. The average Bonchev–Trinajstić information content (AvgIpc) is 2.46. The molecule has 0 radical (unpaired) electrons. The first kappa shape index (κ1) is 13.8. The number of carbonyl (C=O) groups is 2. The molecule has 0 saturated carbocycles. The fourth-order valence-electron chi connectivity index (χ4n) is 1.86. The third kappa shape index (κ3) is 3.95. The summed E-state index contributed by atoms with van der Waals surface area (Å²) >= 11 is 0. The highest BCUT2D eigenvalue weighted by Crippen LogP contribution is 2.11. The highest BCUT2D eigenvalue weighted by Gasteiger charge is 2.06. The predicted molar refractivity (Wildman–Crippen MR) is 76.8 cm³/mol. The van der Waals surface area contributed by atoms with Crippen LogP contribution in [-0.2, 0) is 11.2 Å². The van der Waals surface area contributed by atoms with Crippen LogP contribution in [0.3, 0.4) is 0 Å². The molecule has 4 heteroatoms. The summed E-state index contributed by atoms with van der Waals surface area (Å²) < 4.78 is 0. The fraction of sp³-hybridized carbons (Fsp3) is 0.125. The molecule has 0 spiro atoms. The number of amides is 1. The van der Waals surface area contributed by atoms with Gasteiger partial charge in [0.05, 0.1) is 5.56 Å². The van der Waals surface area contributed by atoms with Crippen LogP contribution < -0.4 is 5.32 Å². The van der Waals surface area contributed by atoms with Crippen molar-refractivity contribution in [1.29, 1.82) is 0 Å².